The summed E-state index contributed by atoms with van der Waals surface area (Å²) in [5, 5.41) is 0. The monoisotopic (exact) mass is 385 g/mol. The van der Waals surface area contributed by atoms with E-state index in [0.717, 1.165) is 11.3 Å². The van der Waals surface area contributed by atoms with Crippen LogP contribution in [0.3, 0.4) is 0 Å². The molecular weight excluding hydrogens is 357 g/mol. The highest BCUT2D eigenvalue weighted by Crippen LogP contribution is 2.51. The molecule has 4 nitrogen and oxygen atoms in total. The smallest absolute Gasteiger partial charge is 0.331 e. The lowest BCUT2D eigenvalue weighted by Gasteiger charge is -2.24. The molecule has 1 aliphatic rings. The number of carbonyl (C=O) groups is 1. The van der Waals surface area contributed by atoms with Crippen LogP contribution in [0.25, 0.3) is 0 Å². The van der Waals surface area contributed by atoms with Gasteiger partial charge in [-0.15, -0.1) is 0 Å². The number of halogens is 1. The Bertz CT molecular complexity index is 849. The molecule has 1 aliphatic heterocycles. The summed E-state index contributed by atoms with van der Waals surface area (Å²) in [5.74, 6) is 0.0989. The molecule has 0 bridgehead atoms. The minimum atomic E-state index is -0.583. The maximum atomic E-state index is 13.4. The second kappa shape index (κ2) is 7.12. The Hall–Kier alpha value is -2.56. The zero-order valence-electron chi connectivity index (χ0n) is 17.3. The van der Waals surface area contributed by atoms with Crippen molar-refractivity contribution < 1.29 is 18.7 Å². The van der Waals surface area contributed by atoms with E-state index in [4.69, 9.17) is 9.47 Å². The molecule has 2 aromatic carbocycles. The average Bonchev–Trinajstić information content (AvgIpc) is 3.28. The molecule has 5 heteroatoms. The van der Waals surface area contributed by atoms with E-state index in [0.29, 0.717) is 5.75 Å². The second-order valence-corrected chi connectivity index (χ2v) is 9.06. The molecule has 1 saturated heterocycles. The molecule has 0 saturated carbocycles. The van der Waals surface area contributed by atoms with Crippen molar-refractivity contribution in [3.63, 3.8) is 0 Å². The fourth-order valence-corrected chi connectivity index (χ4v) is 3.23. The molecule has 0 N–H and O–H groups in total. The Balaban J connectivity index is 1.97. The van der Waals surface area contributed by atoms with E-state index in [2.05, 4.69) is 0 Å². The molecule has 2 aromatic rings. The lowest BCUT2D eigenvalue weighted by molar-refractivity contribution is -0.154. The van der Waals surface area contributed by atoms with Gasteiger partial charge in [0.05, 0.1) is 11.7 Å². The number of rotatable bonds is 4. The van der Waals surface area contributed by atoms with Crippen molar-refractivity contribution in [1.29, 1.82) is 0 Å². The van der Waals surface area contributed by atoms with Crippen LogP contribution in [0.2, 0.25) is 0 Å². The summed E-state index contributed by atoms with van der Waals surface area (Å²) < 4.78 is 25.1. The van der Waals surface area contributed by atoms with Crippen LogP contribution in [0.5, 0.6) is 5.75 Å². The number of carbonyl (C=O) groups excluding carboxylic acids is 1. The van der Waals surface area contributed by atoms with Crippen LogP contribution in [0.4, 0.5) is 10.1 Å². The molecule has 3 rings (SSSR count). The third kappa shape index (κ3) is 4.64. The molecular formula is C23H28FNO3. The Morgan fingerprint density at radius 1 is 0.929 bits per heavy atom. The summed E-state index contributed by atoms with van der Waals surface area (Å²) in [6.45, 7) is 11.5. The van der Waals surface area contributed by atoms with E-state index in [-0.39, 0.29) is 23.4 Å². The molecule has 1 fully saturated rings. The normalized spacial score (nSPS) is 19.3. The van der Waals surface area contributed by atoms with Crippen LogP contribution >= 0.6 is 0 Å². The summed E-state index contributed by atoms with van der Waals surface area (Å²) in [6.07, 6.45) is 0. The molecule has 0 aromatic heterocycles. The quantitative estimate of drug-likeness (QED) is 0.531. The number of anilines is 1. The van der Waals surface area contributed by atoms with Gasteiger partial charge < -0.3 is 14.4 Å². The first-order valence-corrected chi connectivity index (χ1v) is 9.51. The first kappa shape index (κ1) is 20.2. The van der Waals surface area contributed by atoms with Crippen LogP contribution in [-0.2, 0) is 9.53 Å². The highest BCUT2D eigenvalue weighted by Gasteiger charge is 2.56. The molecule has 0 unspecified atom stereocenters. The highest BCUT2D eigenvalue weighted by molar-refractivity contribution is 5.90. The lowest BCUT2D eigenvalue weighted by Crippen LogP contribution is -2.28. The van der Waals surface area contributed by atoms with Crippen molar-refractivity contribution >= 4 is 11.7 Å². The van der Waals surface area contributed by atoms with Crippen LogP contribution in [0, 0.1) is 5.82 Å². The molecule has 150 valence electrons. The van der Waals surface area contributed by atoms with Gasteiger partial charge in [0.2, 0.25) is 0 Å². The van der Waals surface area contributed by atoms with E-state index in [9.17, 15) is 9.18 Å². The zero-order chi connectivity index (χ0) is 20.7. The number of esters is 1. The minimum absolute atomic E-state index is 0.222. The average molecular weight is 385 g/mol. The second-order valence-electron chi connectivity index (χ2n) is 9.06. The SMILES string of the molecule is CC(C)(C)OC(=O)[C@H]1[C@@H](c2ccc(F)cc2)N1c1ccccc1OC(C)(C)C. The number of hydrogen-bond donors (Lipinski definition) is 0. The maximum Gasteiger partial charge on any atom is 0.331 e. The van der Waals surface area contributed by atoms with E-state index in [1.165, 1.54) is 12.1 Å². The predicted molar refractivity (Wildman–Crippen MR) is 108 cm³/mol. The van der Waals surface area contributed by atoms with Gasteiger partial charge in [0.15, 0.2) is 6.04 Å². The third-order valence-corrected chi connectivity index (χ3v) is 4.23. The van der Waals surface area contributed by atoms with Crippen LogP contribution < -0.4 is 9.64 Å². The van der Waals surface area contributed by atoms with Gasteiger partial charge in [-0.2, -0.15) is 0 Å². The summed E-state index contributed by atoms with van der Waals surface area (Å²) in [4.78, 5) is 14.8. The molecule has 0 amide bonds. The summed E-state index contributed by atoms with van der Waals surface area (Å²) >= 11 is 0. The zero-order valence-corrected chi connectivity index (χ0v) is 17.3. The first-order chi connectivity index (χ1) is 13.0. The molecule has 0 radical (unpaired) electrons. The fourth-order valence-electron chi connectivity index (χ4n) is 3.23. The predicted octanol–water partition coefficient (Wildman–Crippen LogP) is 5.27. The number of benzene rings is 2. The molecule has 0 aliphatic carbocycles. The Morgan fingerprint density at radius 3 is 2.11 bits per heavy atom. The summed E-state index contributed by atoms with van der Waals surface area (Å²) in [5.41, 5.74) is 0.726. The molecule has 28 heavy (non-hydrogen) atoms. The van der Waals surface area contributed by atoms with Gasteiger partial charge in [-0.05, 0) is 71.4 Å². The van der Waals surface area contributed by atoms with Crippen molar-refractivity contribution in [3.8, 4) is 5.75 Å². The largest absolute Gasteiger partial charge is 0.486 e. The van der Waals surface area contributed by atoms with Gasteiger partial charge in [0.1, 0.15) is 22.8 Å². The first-order valence-electron chi connectivity index (χ1n) is 9.51. The Kier molecular flexibility index (Phi) is 5.13. The van der Waals surface area contributed by atoms with Crippen molar-refractivity contribution in [1.82, 2.24) is 0 Å². The van der Waals surface area contributed by atoms with Gasteiger partial charge >= 0.3 is 5.97 Å². The van der Waals surface area contributed by atoms with Crippen LogP contribution in [0.15, 0.2) is 48.5 Å². The van der Waals surface area contributed by atoms with Crippen molar-refractivity contribution in [2.24, 2.45) is 0 Å². The van der Waals surface area contributed by atoms with Crippen molar-refractivity contribution in [2.45, 2.75) is 64.8 Å². The summed E-state index contributed by atoms with van der Waals surface area (Å²) in [6, 6.07) is 13.2. The summed E-state index contributed by atoms with van der Waals surface area (Å²) in [7, 11) is 0. The minimum Gasteiger partial charge on any atom is -0.486 e. The Morgan fingerprint density at radius 2 is 1.54 bits per heavy atom. The van der Waals surface area contributed by atoms with E-state index >= 15 is 0 Å². The fraction of sp³-hybridized carbons (Fsp3) is 0.435. The topological polar surface area (TPSA) is 38.5 Å². The number of nitrogens with zero attached hydrogens (tertiary/aromatic N) is 1. The maximum absolute atomic E-state index is 13.4. The van der Waals surface area contributed by atoms with Crippen LogP contribution in [0.1, 0.15) is 53.1 Å². The number of ether oxygens (including phenoxy) is 2. The van der Waals surface area contributed by atoms with Crippen molar-refractivity contribution in [3.05, 3.63) is 59.9 Å². The number of para-hydroxylation sites is 2. The molecule has 0 spiro atoms. The third-order valence-electron chi connectivity index (χ3n) is 4.23. The van der Waals surface area contributed by atoms with E-state index in [1.807, 2.05) is 70.7 Å². The van der Waals surface area contributed by atoms with Gasteiger partial charge in [0, 0.05) is 0 Å². The highest BCUT2D eigenvalue weighted by atomic mass is 19.1. The van der Waals surface area contributed by atoms with Gasteiger partial charge in [-0.3, -0.25) is 0 Å². The van der Waals surface area contributed by atoms with Crippen molar-refractivity contribution in [2.75, 3.05) is 4.90 Å². The van der Waals surface area contributed by atoms with E-state index < -0.39 is 11.6 Å². The standard InChI is InChI=1S/C23H28FNO3/c1-22(2,3)27-18-10-8-7-9-17(18)25-19(15-11-13-16(24)14-12-15)20(25)21(26)28-23(4,5)6/h7-14,19-20H,1-6H3/t19-,20-,25?/m1/s1. The van der Waals surface area contributed by atoms with Gasteiger partial charge in [-0.25, -0.2) is 9.18 Å². The Labute approximate surface area is 166 Å². The van der Waals surface area contributed by atoms with E-state index in [1.54, 1.807) is 12.1 Å². The number of hydrogen-bond acceptors (Lipinski definition) is 4. The molecule has 2 atom stereocenters. The lowest BCUT2D eigenvalue weighted by atomic mass is 10.1. The van der Waals surface area contributed by atoms with Crippen LogP contribution in [-0.4, -0.2) is 23.2 Å². The molecule has 1 heterocycles. The van der Waals surface area contributed by atoms with Gasteiger partial charge in [0.25, 0.3) is 0 Å². The van der Waals surface area contributed by atoms with Gasteiger partial charge in [-0.1, -0.05) is 24.3 Å².